The number of para-hydroxylation sites is 1. The molecular formula is C32H24N2. The molecule has 0 fully saturated rings. The van der Waals surface area contributed by atoms with Gasteiger partial charge in [-0.3, -0.25) is 4.99 Å². The first kappa shape index (κ1) is 20.2. The SMILES string of the molecule is C(=NCc1ccc(-n2c3ccccc3c3cc(-c4ccccc4)ccc32)cc1)c1ccccc1. The molecule has 0 saturated carbocycles. The van der Waals surface area contributed by atoms with Gasteiger partial charge in [-0.05, 0) is 52.6 Å². The van der Waals surface area contributed by atoms with E-state index in [1.165, 1.54) is 38.5 Å². The molecule has 162 valence electrons. The largest absolute Gasteiger partial charge is 0.309 e. The van der Waals surface area contributed by atoms with Gasteiger partial charge in [0.25, 0.3) is 0 Å². The number of aliphatic imine (C=N–C) groups is 1. The standard InChI is InChI=1S/C32H24N2/c1-3-9-24(10-4-1)22-33-23-25-15-18-28(19-16-25)34-31-14-8-7-13-29(31)30-21-27(17-20-32(30)34)26-11-5-2-6-12-26/h1-22H,23H2. The minimum absolute atomic E-state index is 0.669. The van der Waals surface area contributed by atoms with E-state index in [4.69, 9.17) is 0 Å². The lowest BCUT2D eigenvalue weighted by atomic mass is 10.0. The third-order valence-corrected chi connectivity index (χ3v) is 6.29. The van der Waals surface area contributed by atoms with Crippen LogP contribution in [0.2, 0.25) is 0 Å². The zero-order valence-corrected chi connectivity index (χ0v) is 18.8. The van der Waals surface area contributed by atoms with E-state index in [1.807, 2.05) is 24.4 Å². The molecule has 0 radical (unpaired) electrons. The van der Waals surface area contributed by atoms with Crippen molar-refractivity contribution in [3.63, 3.8) is 0 Å². The molecule has 0 saturated heterocycles. The number of fused-ring (bicyclic) bond motifs is 3. The lowest BCUT2D eigenvalue weighted by molar-refractivity contribution is 1.07. The highest BCUT2D eigenvalue weighted by atomic mass is 15.0. The van der Waals surface area contributed by atoms with Gasteiger partial charge in [0.15, 0.2) is 0 Å². The molecule has 2 nitrogen and oxygen atoms in total. The van der Waals surface area contributed by atoms with E-state index in [0.29, 0.717) is 6.54 Å². The third-order valence-electron chi connectivity index (χ3n) is 6.29. The van der Waals surface area contributed by atoms with Gasteiger partial charge in [-0.1, -0.05) is 97.1 Å². The molecule has 0 bridgehead atoms. The molecule has 0 spiro atoms. The van der Waals surface area contributed by atoms with Crippen LogP contribution >= 0.6 is 0 Å². The minimum atomic E-state index is 0.669. The van der Waals surface area contributed by atoms with Gasteiger partial charge in [0, 0.05) is 22.7 Å². The molecule has 0 N–H and O–H groups in total. The Hall–Kier alpha value is -4.43. The van der Waals surface area contributed by atoms with Crippen LogP contribution in [0.25, 0.3) is 38.6 Å². The van der Waals surface area contributed by atoms with Gasteiger partial charge >= 0.3 is 0 Å². The average Bonchev–Trinajstić information content (AvgIpc) is 3.24. The molecule has 5 aromatic carbocycles. The molecule has 34 heavy (non-hydrogen) atoms. The third kappa shape index (κ3) is 3.80. The summed E-state index contributed by atoms with van der Waals surface area (Å²) in [4.78, 5) is 4.61. The van der Waals surface area contributed by atoms with Gasteiger partial charge in [0.2, 0.25) is 0 Å². The highest BCUT2D eigenvalue weighted by Crippen LogP contribution is 2.34. The highest BCUT2D eigenvalue weighted by molar-refractivity contribution is 6.10. The maximum Gasteiger partial charge on any atom is 0.0640 e. The quantitative estimate of drug-likeness (QED) is 0.243. The molecule has 0 atom stereocenters. The summed E-state index contributed by atoms with van der Waals surface area (Å²) in [6.07, 6.45) is 1.94. The molecule has 0 aliphatic carbocycles. The van der Waals surface area contributed by atoms with Crippen molar-refractivity contribution in [3.8, 4) is 16.8 Å². The number of aromatic nitrogens is 1. The Kier molecular flexibility index (Phi) is 5.25. The Labute approximate surface area is 199 Å². The Morgan fingerprint density at radius 1 is 0.559 bits per heavy atom. The Balaban J connectivity index is 1.37. The molecule has 6 aromatic rings. The van der Waals surface area contributed by atoms with Crippen molar-refractivity contribution in [2.45, 2.75) is 6.54 Å². The summed E-state index contributed by atoms with van der Waals surface area (Å²) in [7, 11) is 0. The fourth-order valence-corrected chi connectivity index (χ4v) is 4.61. The van der Waals surface area contributed by atoms with Crippen LogP contribution in [0.5, 0.6) is 0 Å². The van der Waals surface area contributed by atoms with Gasteiger partial charge in [0.1, 0.15) is 0 Å². The van der Waals surface area contributed by atoms with Crippen molar-refractivity contribution in [1.82, 2.24) is 4.57 Å². The topological polar surface area (TPSA) is 17.3 Å². The van der Waals surface area contributed by atoms with E-state index < -0.39 is 0 Å². The van der Waals surface area contributed by atoms with Gasteiger partial charge in [-0.2, -0.15) is 0 Å². The summed E-state index contributed by atoms with van der Waals surface area (Å²) in [5.41, 5.74) is 8.40. The normalized spacial score (nSPS) is 11.5. The maximum atomic E-state index is 4.61. The average molecular weight is 437 g/mol. The van der Waals surface area contributed by atoms with Crippen LogP contribution in [0, 0.1) is 0 Å². The second-order valence-electron chi connectivity index (χ2n) is 8.50. The van der Waals surface area contributed by atoms with E-state index in [0.717, 1.165) is 11.3 Å². The predicted octanol–water partition coefficient (Wildman–Crippen LogP) is 8.07. The number of rotatable bonds is 5. The molecule has 6 rings (SSSR count). The Morgan fingerprint density at radius 3 is 2.03 bits per heavy atom. The fraction of sp³-hybridized carbons (Fsp3) is 0.0312. The van der Waals surface area contributed by atoms with E-state index >= 15 is 0 Å². The van der Waals surface area contributed by atoms with E-state index in [-0.39, 0.29) is 0 Å². The lowest BCUT2D eigenvalue weighted by Crippen LogP contribution is -1.94. The van der Waals surface area contributed by atoms with Crippen LogP contribution < -0.4 is 0 Å². The second-order valence-corrected chi connectivity index (χ2v) is 8.50. The number of nitrogens with zero attached hydrogens (tertiary/aromatic N) is 2. The van der Waals surface area contributed by atoms with Crippen LogP contribution in [0.15, 0.2) is 132 Å². The smallest absolute Gasteiger partial charge is 0.0640 e. The van der Waals surface area contributed by atoms with Gasteiger partial charge in [-0.25, -0.2) is 0 Å². The summed E-state index contributed by atoms with van der Waals surface area (Å²) < 4.78 is 2.36. The molecule has 0 unspecified atom stereocenters. The number of benzene rings is 5. The Bertz CT molecular complexity index is 1590. The summed E-state index contributed by atoms with van der Waals surface area (Å²) in [5.74, 6) is 0. The summed E-state index contributed by atoms with van der Waals surface area (Å²) >= 11 is 0. The van der Waals surface area contributed by atoms with Gasteiger partial charge in [-0.15, -0.1) is 0 Å². The number of hydrogen-bond acceptors (Lipinski definition) is 1. The summed E-state index contributed by atoms with van der Waals surface area (Å²) in [6, 6.07) is 45.0. The van der Waals surface area contributed by atoms with Crippen molar-refractivity contribution in [2.24, 2.45) is 4.99 Å². The molecule has 0 aliphatic heterocycles. The van der Waals surface area contributed by atoms with Crippen LogP contribution in [0.4, 0.5) is 0 Å². The van der Waals surface area contributed by atoms with Crippen molar-refractivity contribution in [1.29, 1.82) is 0 Å². The first-order chi connectivity index (χ1) is 16.9. The van der Waals surface area contributed by atoms with Crippen LogP contribution in [0.3, 0.4) is 0 Å². The van der Waals surface area contributed by atoms with Crippen molar-refractivity contribution in [2.75, 3.05) is 0 Å². The summed E-state index contributed by atoms with van der Waals surface area (Å²) in [5, 5.41) is 2.54. The summed E-state index contributed by atoms with van der Waals surface area (Å²) in [6.45, 7) is 0.669. The van der Waals surface area contributed by atoms with E-state index in [2.05, 4.69) is 119 Å². The van der Waals surface area contributed by atoms with E-state index in [1.54, 1.807) is 0 Å². The molecule has 2 heteroatoms. The van der Waals surface area contributed by atoms with Crippen LogP contribution in [-0.2, 0) is 6.54 Å². The maximum absolute atomic E-state index is 4.61. The van der Waals surface area contributed by atoms with Crippen molar-refractivity contribution in [3.05, 3.63) is 139 Å². The molecular weight excluding hydrogens is 412 g/mol. The first-order valence-corrected chi connectivity index (χ1v) is 11.6. The minimum Gasteiger partial charge on any atom is -0.309 e. The van der Waals surface area contributed by atoms with Crippen molar-refractivity contribution >= 4 is 28.0 Å². The van der Waals surface area contributed by atoms with Gasteiger partial charge < -0.3 is 4.57 Å². The highest BCUT2D eigenvalue weighted by Gasteiger charge is 2.13. The fourth-order valence-electron chi connectivity index (χ4n) is 4.61. The second kappa shape index (κ2) is 8.84. The van der Waals surface area contributed by atoms with Crippen molar-refractivity contribution < 1.29 is 0 Å². The molecule has 1 aromatic heterocycles. The van der Waals surface area contributed by atoms with Crippen LogP contribution in [-0.4, -0.2) is 10.8 Å². The zero-order valence-electron chi connectivity index (χ0n) is 18.8. The zero-order chi connectivity index (χ0) is 22.7. The monoisotopic (exact) mass is 436 g/mol. The predicted molar refractivity (Wildman–Crippen MR) is 144 cm³/mol. The first-order valence-electron chi connectivity index (χ1n) is 11.6. The number of hydrogen-bond donors (Lipinski definition) is 0. The molecule has 0 aliphatic rings. The molecule has 0 amide bonds. The lowest BCUT2D eigenvalue weighted by Gasteiger charge is -2.09. The molecule has 1 heterocycles. The van der Waals surface area contributed by atoms with E-state index in [9.17, 15) is 0 Å². The van der Waals surface area contributed by atoms with Crippen LogP contribution in [0.1, 0.15) is 11.1 Å². The van der Waals surface area contributed by atoms with Gasteiger partial charge in [0.05, 0.1) is 17.6 Å². The Morgan fingerprint density at radius 2 is 1.24 bits per heavy atom.